The Balaban J connectivity index is 1.69. The Morgan fingerprint density at radius 1 is 1.39 bits per heavy atom. The van der Waals surface area contributed by atoms with Crippen molar-refractivity contribution in [1.29, 1.82) is 0 Å². The van der Waals surface area contributed by atoms with Crippen LogP contribution in [0.2, 0.25) is 0 Å². The Bertz CT molecular complexity index is 777. The molecule has 0 unspecified atom stereocenters. The van der Waals surface area contributed by atoms with Gasteiger partial charge in [-0.05, 0) is 13.8 Å². The summed E-state index contributed by atoms with van der Waals surface area (Å²) in [5.74, 6) is -0.367. The molecule has 0 bridgehead atoms. The molecular weight excluding hydrogens is 316 g/mol. The topological polar surface area (TPSA) is 75.9 Å². The lowest BCUT2D eigenvalue weighted by molar-refractivity contribution is 0.0383. The maximum atomic E-state index is 12.5. The van der Waals surface area contributed by atoms with Crippen LogP contribution >= 0.6 is 11.3 Å². The lowest BCUT2D eigenvalue weighted by atomic mass is 10.3. The second-order valence-electron chi connectivity index (χ2n) is 5.55. The molecule has 2 aromatic heterocycles. The second-order valence-corrected chi connectivity index (χ2v) is 6.73. The third-order valence-corrected chi connectivity index (χ3v) is 5.15. The molecule has 1 aliphatic rings. The molecule has 0 atom stereocenters. The predicted molar refractivity (Wildman–Crippen MR) is 88.4 cm³/mol. The maximum absolute atomic E-state index is 12.5. The molecule has 3 rings (SSSR count). The van der Waals surface area contributed by atoms with Crippen LogP contribution in [-0.2, 0) is 4.74 Å². The second kappa shape index (κ2) is 6.77. The summed E-state index contributed by atoms with van der Waals surface area (Å²) < 4.78 is 6.80. The van der Waals surface area contributed by atoms with E-state index in [1.807, 2.05) is 13.8 Å². The number of morpholine rings is 1. The van der Waals surface area contributed by atoms with E-state index in [0.717, 1.165) is 43.4 Å². The van der Waals surface area contributed by atoms with Crippen molar-refractivity contribution in [3.63, 3.8) is 0 Å². The fourth-order valence-electron chi connectivity index (χ4n) is 2.58. The first-order valence-corrected chi connectivity index (χ1v) is 8.45. The summed E-state index contributed by atoms with van der Waals surface area (Å²) in [6.45, 7) is 8.27. The number of carbonyl (C=O) groups excluding carboxylic acids is 1. The van der Waals surface area contributed by atoms with Crippen molar-refractivity contribution in [1.82, 2.24) is 19.6 Å². The number of aryl methyl sites for hydroxylation is 2. The average molecular weight is 336 g/mol. The highest BCUT2D eigenvalue weighted by atomic mass is 32.1. The van der Waals surface area contributed by atoms with E-state index in [0.29, 0.717) is 11.5 Å². The molecule has 1 amide bonds. The first-order chi connectivity index (χ1) is 11.1. The number of nitrogens with zero attached hydrogens (tertiary/aromatic N) is 3. The Morgan fingerprint density at radius 2 is 2.13 bits per heavy atom. The number of hydrogen-bond donors (Lipinski definition) is 1. The summed E-state index contributed by atoms with van der Waals surface area (Å²) in [5, 5.41) is 2.81. The molecule has 0 spiro atoms. The lowest BCUT2D eigenvalue weighted by Crippen LogP contribution is -2.42. The highest BCUT2D eigenvalue weighted by Gasteiger charge is 2.17. The van der Waals surface area contributed by atoms with E-state index in [1.165, 1.54) is 21.9 Å². The number of rotatable bonds is 4. The molecule has 8 heteroatoms. The predicted octanol–water partition coefficient (Wildman–Crippen LogP) is 0.435. The minimum Gasteiger partial charge on any atom is -0.379 e. The summed E-state index contributed by atoms with van der Waals surface area (Å²) in [5.41, 5.74) is 0.622. The highest BCUT2D eigenvalue weighted by molar-refractivity contribution is 7.17. The van der Waals surface area contributed by atoms with Crippen LogP contribution in [0.3, 0.4) is 0 Å². The van der Waals surface area contributed by atoms with Crippen LogP contribution in [0.15, 0.2) is 11.0 Å². The van der Waals surface area contributed by atoms with Gasteiger partial charge in [-0.15, -0.1) is 11.3 Å². The lowest BCUT2D eigenvalue weighted by Gasteiger charge is -2.26. The van der Waals surface area contributed by atoms with Crippen molar-refractivity contribution in [3.8, 4) is 0 Å². The quantitative estimate of drug-likeness (QED) is 0.876. The van der Waals surface area contributed by atoms with Crippen LogP contribution < -0.4 is 10.9 Å². The minimum absolute atomic E-state index is 0.0883. The zero-order valence-electron chi connectivity index (χ0n) is 13.3. The molecule has 2 aromatic rings. The Hall–Kier alpha value is -1.77. The van der Waals surface area contributed by atoms with Gasteiger partial charge in [0.05, 0.1) is 13.2 Å². The van der Waals surface area contributed by atoms with E-state index >= 15 is 0 Å². The Kier molecular flexibility index (Phi) is 4.74. The molecule has 1 fully saturated rings. The van der Waals surface area contributed by atoms with E-state index in [1.54, 1.807) is 0 Å². The molecule has 1 aliphatic heterocycles. The number of nitrogens with one attached hydrogen (secondary N) is 1. The number of ether oxygens (including phenoxy) is 1. The molecule has 23 heavy (non-hydrogen) atoms. The molecule has 1 N–H and O–H groups in total. The molecule has 7 nitrogen and oxygen atoms in total. The van der Waals surface area contributed by atoms with Crippen molar-refractivity contribution in [2.24, 2.45) is 0 Å². The SMILES string of the molecule is Cc1sc2ncc(C(=O)NCCN3CCOCC3)c(=O)n2c1C. The van der Waals surface area contributed by atoms with E-state index in [4.69, 9.17) is 4.74 Å². The molecule has 3 heterocycles. The number of thiazole rings is 1. The van der Waals surface area contributed by atoms with E-state index in [2.05, 4.69) is 15.2 Å². The van der Waals surface area contributed by atoms with Crippen LogP contribution in [0.1, 0.15) is 20.9 Å². The summed E-state index contributed by atoms with van der Waals surface area (Å²) in [6.07, 6.45) is 1.37. The molecule has 0 saturated carbocycles. The Morgan fingerprint density at radius 3 is 2.87 bits per heavy atom. The average Bonchev–Trinajstić information content (AvgIpc) is 2.84. The van der Waals surface area contributed by atoms with E-state index in [9.17, 15) is 9.59 Å². The summed E-state index contributed by atoms with van der Waals surface area (Å²) in [4.78, 5) is 32.9. The van der Waals surface area contributed by atoms with Crippen molar-refractivity contribution < 1.29 is 9.53 Å². The Labute approximate surface area is 137 Å². The minimum atomic E-state index is -0.367. The fraction of sp³-hybridized carbons (Fsp3) is 0.533. The van der Waals surface area contributed by atoms with Crippen LogP contribution in [0, 0.1) is 13.8 Å². The van der Waals surface area contributed by atoms with Gasteiger partial charge in [0.25, 0.3) is 11.5 Å². The zero-order valence-corrected chi connectivity index (χ0v) is 14.1. The highest BCUT2D eigenvalue weighted by Crippen LogP contribution is 2.18. The van der Waals surface area contributed by atoms with E-state index in [-0.39, 0.29) is 17.0 Å². The van der Waals surface area contributed by atoms with Gasteiger partial charge < -0.3 is 10.1 Å². The molecule has 1 saturated heterocycles. The number of fused-ring (bicyclic) bond motifs is 1. The third-order valence-electron chi connectivity index (χ3n) is 4.08. The van der Waals surface area contributed by atoms with Crippen LogP contribution in [0.25, 0.3) is 4.96 Å². The number of carbonyl (C=O) groups is 1. The molecule has 124 valence electrons. The van der Waals surface area contributed by atoms with Gasteiger partial charge in [-0.2, -0.15) is 0 Å². The standard InChI is InChI=1S/C15H20N4O3S/c1-10-11(2)23-15-17-9-12(14(21)19(10)15)13(20)16-3-4-18-5-7-22-8-6-18/h9H,3-8H2,1-2H3,(H,16,20). The van der Waals surface area contributed by atoms with Crippen LogP contribution in [0.5, 0.6) is 0 Å². The van der Waals surface area contributed by atoms with Crippen molar-refractivity contribution >= 4 is 22.2 Å². The zero-order chi connectivity index (χ0) is 16.4. The fourth-order valence-corrected chi connectivity index (χ4v) is 3.51. The van der Waals surface area contributed by atoms with Gasteiger partial charge in [-0.1, -0.05) is 0 Å². The third kappa shape index (κ3) is 3.29. The molecule has 0 radical (unpaired) electrons. The van der Waals surface area contributed by atoms with E-state index < -0.39 is 0 Å². The maximum Gasteiger partial charge on any atom is 0.271 e. The first kappa shape index (κ1) is 16.1. The summed E-state index contributed by atoms with van der Waals surface area (Å²) >= 11 is 1.45. The van der Waals surface area contributed by atoms with Gasteiger partial charge in [0.15, 0.2) is 4.96 Å². The normalized spacial score (nSPS) is 15.9. The molecule has 0 aromatic carbocycles. The van der Waals surface area contributed by atoms with Crippen molar-refractivity contribution in [3.05, 3.63) is 32.7 Å². The van der Waals surface area contributed by atoms with Gasteiger partial charge >= 0.3 is 0 Å². The van der Waals surface area contributed by atoms with Gasteiger partial charge in [-0.25, -0.2) is 4.98 Å². The van der Waals surface area contributed by atoms with Gasteiger partial charge in [0.1, 0.15) is 5.56 Å². The number of amides is 1. The summed E-state index contributed by atoms with van der Waals surface area (Å²) in [7, 11) is 0. The first-order valence-electron chi connectivity index (χ1n) is 7.64. The van der Waals surface area contributed by atoms with Gasteiger partial charge in [-0.3, -0.25) is 18.9 Å². The van der Waals surface area contributed by atoms with Crippen molar-refractivity contribution in [2.75, 3.05) is 39.4 Å². The number of aromatic nitrogens is 2. The largest absolute Gasteiger partial charge is 0.379 e. The van der Waals surface area contributed by atoms with Gasteiger partial charge in [0.2, 0.25) is 0 Å². The smallest absolute Gasteiger partial charge is 0.271 e. The summed E-state index contributed by atoms with van der Waals surface area (Å²) in [6, 6.07) is 0. The molecular formula is C15H20N4O3S. The van der Waals surface area contributed by atoms with Crippen LogP contribution in [-0.4, -0.2) is 59.6 Å². The van der Waals surface area contributed by atoms with Crippen molar-refractivity contribution in [2.45, 2.75) is 13.8 Å². The molecule has 0 aliphatic carbocycles. The monoisotopic (exact) mass is 336 g/mol. The van der Waals surface area contributed by atoms with Crippen LogP contribution in [0.4, 0.5) is 0 Å². The van der Waals surface area contributed by atoms with Gasteiger partial charge in [0, 0.05) is 42.9 Å². The number of hydrogen-bond acceptors (Lipinski definition) is 6.